The lowest BCUT2D eigenvalue weighted by molar-refractivity contribution is -0.229. The first kappa shape index (κ1) is 15.0. The van der Waals surface area contributed by atoms with E-state index in [9.17, 15) is 15.3 Å². The van der Waals surface area contributed by atoms with Gasteiger partial charge in [0.2, 0.25) is 0 Å². The van der Waals surface area contributed by atoms with Crippen LogP contribution in [-0.2, 0) is 11.2 Å². The summed E-state index contributed by atoms with van der Waals surface area (Å²) in [5, 5.41) is 39.5. The fourth-order valence-electron chi connectivity index (χ4n) is 2.10. The Morgan fingerprint density at radius 3 is 2.47 bits per heavy atom. The van der Waals surface area contributed by atoms with Gasteiger partial charge in [0.25, 0.3) is 0 Å². The third-order valence-electron chi connectivity index (χ3n) is 3.16. The average Bonchev–Trinajstić information content (AvgIpc) is 2.58. The van der Waals surface area contributed by atoms with Gasteiger partial charge in [0.1, 0.15) is 18.3 Å². The van der Waals surface area contributed by atoms with Crippen LogP contribution in [0.25, 0.3) is 0 Å². The molecule has 19 heavy (non-hydrogen) atoms. The van der Waals surface area contributed by atoms with Gasteiger partial charge < -0.3 is 25.2 Å². The molecule has 1 aromatic rings. The number of benzene rings is 1. The monoisotopic (exact) mass is 308 g/mol. The molecular weight excluding hydrogens is 295 g/mol. The molecule has 0 aliphatic carbocycles. The molecule has 1 fully saturated rings. The molecule has 2 rings (SSSR count). The van der Waals surface area contributed by atoms with Crippen LogP contribution in [0.1, 0.15) is 5.56 Å². The number of aliphatic hydroxyl groups is 4. The summed E-state index contributed by atoms with van der Waals surface area (Å²) < 4.78 is 5.13. The number of ether oxygens (including phenoxy) is 1. The van der Waals surface area contributed by atoms with Crippen molar-refractivity contribution in [2.45, 2.75) is 30.5 Å². The van der Waals surface area contributed by atoms with Crippen LogP contribution in [0.4, 0.5) is 0 Å². The number of hydrogen-bond donors (Lipinski definition) is 4. The number of hydrogen-bond acceptors (Lipinski definition) is 5. The molecule has 0 bridgehead atoms. The van der Waals surface area contributed by atoms with Crippen molar-refractivity contribution in [2.24, 2.45) is 0 Å². The van der Waals surface area contributed by atoms with Crippen molar-refractivity contribution in [2.75, 3.05) is 6.61 Å². The molecule has 1 aromatic carbocycles. The molecule has 1 aliphatic heterocycles. The van der Waals surface area contributed by atoms with E-state index in [1.165, 1.54) is 6.07 Å². The summed E-state index contributed by atoms with van der Waals surface area (Å²) in [7, 11) is 0. The Balaban J connectivity index is 2.22. The van der Waals surface area contributed by atoms with Crippen molar-refractivity contribution in [3.05, 3.63) is 33.8 Å². The Morgan fingerprint density at radius 1 is 1.26 bits per heavy atom. The van der Waals surface area contributed by atoms with E-state index in [1.54, 1.807) is 12.1 Å². The maximum Gasteiger partial charge on any atom is 0.199 e. The van der Waals surface area contributed by atoms with E-state index in [0.29, 0.717) is 15.6 Å². The summed E-state index contributed by atoms with van der Waals surface area (Å²) in [4.78, 5) is 0. The highest BCUT2D eigenvalue weighted by Gasteiger charge is 2.53. The summed E-state index contributed by atoms with van der Waals surface area (Å²) in [6, 6.07) is 4.69. The molecule has 5 nitrogen and oxygen atoms in total. The van der Waals surface area contributed by atoms with Gasteiger partial charge in [0.05, 0.1) is 6.61 Å². The minimum absolute atomic E-state index is 0.127. The molecule has 7 heteroatoms. The quantitative estimate of drug-likeness (QED) is 0.646. The standard InChI is InChI=1S/C12H14Cl2O5/c13-7-2-1-6(8(14)3-7)4-12(18)11(17)10(16)9(5-15)19-12/h1-3,9-11,15-18H,4-5H2/t9-,10-,11-,12?/m1/s1. The largest absolute Gasteiger partial charge is 0.394 e. The van der Waals surface area contributed by atoms with Crippen molar-refractivity contribution in [3.63, 3.8) is 0 Å². The maximum absolute atomic E-state index is 10.2. The van der Waals surface area contributed by atoms with Crippen molar-refractivity contribution in [3.8, 4) is 0 Å². The molecule has 106 valence electrons. The van der Waals surface area contributed by atoms with Gasteiger partial charge in [-0.25, -0.2) is 0 Å². The molecule has 1 unspecified atom stereocenters. The predicted molar refractivity (Wildman–Crippen MR) is 69.1 cm³/mol. The second-order valence-electron chi connectivity index (χ2n) is 4.53. The van der Waals surface area contributed by atoms with Gasteiger partial charge in [-0.05, 0) is 17.7 Å². The van der Waals surface area contributed by atoms with Crippen LogP contribution >= 0.6 is 23.2 Å². The van der Waals surface area contributed by atoms with E-state index >= 15 is 0 Å². The minimum Gasteiger partial charge on any atom is -0.394 e. The Bertz CT molecular complexity index is 469. The van der Waals surface area contributed by atoms with Crippen LogP contribution in [0.3, 0.4) is 0 Å². The Kier molecular flexibility index (Phi) is 4.37. The highest BCUT2D eigenvalue weighted by atomic mass is 35.5. The molecule has 4 N–H and O–H groups in total. The summed E-state index contributed by atoms with van der Waals surface area (Å²) >= 11 is 11.7. The first-order valence-corrected chi connectivity index (χ1v) is 6.44. The molecule has 0 saturated carbocycles. The van der Waals surface area contributed by atoms with Gasteiger partial charge in [-0.1, -0.05) is 29.3 Å². The molecular formula is C12H14Cl2O5. The van der Waals surface area contributed by atoms with Crippen molar-refractivity contribution in [1.29, 1.82) is 0 Å². The number of aliphatic hydroxyl groups excluding tert-OH is 3. The fraction of sp³-hybridized carbons (Fsp3) is 0.500. The van der Waals surface area contributed by atoms with E-state index < -0.39 is 30.7 Å². The molecule has 0 spiro atoms. The lowest BCUT2D eigenvalue weighted by Gasteiger charge is -2.26. The third-order valence-corrected chi connectivity index (χ3v) is 3.75. The van der Waals surface area contributed by atoms with Crippen LogP contribution in [0.5, 0.6) is 0 Å². The predicted octanol–water partition coefficient (Wildman–Crippen LogP) is 0.337. The van der Waals surface area contributed by atoms with Gasteiger partial charge >= 0.3 is 0 Å². The van der Waals surface area contributed by atoms with Crippen molar-refractivity contribution < 1.29 is 25.2 Å². The molecule has 1 aliphatic rings. The molecule has 4 atom stereocenters. The summed E-state index contributed by atoms with van der Waals surface area (Å²) in [6.45, 7) is -0.505. The van der Waals surface area contributed by atoms with Gasteiger partial charge in [0, 0.05) is 16.5 Å². The molecule has 0 amide bonds. The first-order valence-electron chi connectivity index (χ1n) is 5.68. The average molecular weight is 309 g/mol. The highest BCUT2D eigenvalue weighted by Crippen LogP contribution is 2.34. The Morgan fingerprint density at radius 2 is 1.95 bits per heavy atom. The minimum atomic E-state index is -2.00. The summed E-state index contributed by atoms with van der Waals surface area (Å²) in [5.74, 6) is -2.00. The molecule has 1 heterocycles. The van der Waals surface area contributed by atoms with Crippen LogP contribution in [0.2, 0.25) is 10.0 Å². The zero-order chi connectivity index (χ0) is 14.2. The SMILES string of the molecule is OC[C@H]1OC(O)(Cc2ccc(Cl)cc2Cl)[C@H](O)[C@@H]1O. The van der Waals surface area contributed by atoms with Crippen LogP contribution < -0.4 is 0 Å². The van der Waals surface area contributed by atoms with E-state index in [4.69, 9.17) is 33.0 Å². The highest BCUT2D eigenvalue weighted by molar-refractivity contribution is 6.35. The number of halogens is 2. The zero-order valence-electron chi connectivity index (χ0n) is 9.83. The smallest absolute Gasteiger partial charge is 0.199 e. The maximum atomic E-state index is 10.2. The van der Waals surface area contributed by atoms with Crippen LogP contribution in [0.15, 0.2) is 18.2 Å². The van der Waals surface area contributed by atoms with Crippen LogP contribution in [-0.4, -0.2) is 51.1 Å². The molecule has 1 saturated heterocycles. The topological polar surface area (TPSA) is 90.2 Å². The lowest BCUT2D eigenvalue weighted by atomic mass is 9.98. The molecule has 0 aromatic heterocycles. The Labute approximate surface area is 120 Å². The second kappa shape index (κ2) is 5.54. The van der Waals surface area contributed by atoms with E-state index in [0.717, 1.165) is 0 Å². The second-order valence-corrected chi connectivity index (χ2v) is 5.38. The Hall–Kier alpha value is -0.400. The van der Waals surface area contributed by atoms with Gasteiger partial charge in [-0.15, -0.1) is 0 Å². The normalized spacial score (nSPS) is 34.7. The van der Waals surface area contributed by atoms with E-state index in [2.05, 4.69) is 0 Å². The third kappa shape index (κ3) is 2.87. The first-order chi connectivity index (χ1) is 8.87. The van der Waals surface area contributed by atoms with Gasteiger partial charge in [-0.2, -0.15) is 0 Å². The van der Waals surface area contributed by atoms with Crippen molar-refractivity contribution in [1.82, 2.24) is 0 Å². The lowest BCUT2D eigenvalue weighted by Crippen LogP contribution is -2.45. The van der Waals surface area contributed by atoms with Crippen LogP contribution in [0, 0.1) is 0 Å². The number of rotatable bonds is 3. The summed E-state index contributed by atoms with van der Waals surface area (Å²) in [5.41, 5.74) is 0.512. The molecule has 0 radical (unpaired) electrons. The van der Waals surface area contributed by atoms with Crippen molar-refractivity contribution >= 4 is 23.2 Å². The van der Waals surface area contributed by atoms with E-state index in [1.807, 2.05) is 0 Å². The summed E-state index contributed by atoms with van der Waals surface area (Å²) in [6.07, 6.45) is -4.05. The van der Waals surface area contributed by atoms with E-state index in [-0.39, 0.29) is 6.42 Å². The fourth-order valence-corrected chi connectivity index (χ4v) is 2.58. The zero-order valence-corrected chi connectivity index (χ0v) is 11.3. The van der Waals surface area contributed by atoms with Gasteiger partial charge in [0.15, 0.2) is 5.79 Å². The van der Waals surface area contributed by atoms with Gasteiger partial charge in [-0.3, -0.25) is 0 Å².